The van der Waals surface area contributed by atoms with Crippen molar-refractivity contribution in [3.63, 3.8) is 0 Å². The molecule has 2 aliphatic rings. The molecule has 0 aliphatic heterocycles. The molecule has 0 unspecified atom stereocenters. The van der Waals surface area contributed by atoms with Crippen molar-refractivity contribution in [3.8, 4) is 11.5 Å². The molecule has 0 radical (unpaired) electrons. The molecular formula is C25H37Cl2N7O2. The molecule has 0 spiro atoms. The van der Waals surface area contributed by atoms with E-state index in [4.69, 9.17) is 30.2 Å². The third kappa shape index (κ3) is 5.90. The Kier molecular flexibility index (Phi) is 9.87. The van der Waals surface area contributed by atoms with Gasteiger partial charge in [0.25, 0.3) is 0 Å². The predicted octanol–water partition coefficient (Wildman–Crippen LogP) is 5.10. The fraction of sp³-hybridized carbons (Fsp3) is 0.560. The minimum absolute atomic E-state index is 0. The van der Waals surface area contributed by atoms with Crippen LogP contribution < -0.4 is 25.8 Å². The summed E-state index contributed by atoms with van der Waals surface area (Å²) in [6.07, 6.45) is 10.9. The number of nitrogens with two attached hydrogens (primary N) is 1. The van der Waals surface area contributed by atoms with Crippen molar-refractivity contribution in [2.45, 2.75) is 76.0 Å². The average molecular weight is 539 g/mol. The van der Waals surface area contributed by atoms with Crippen LogP contribution in [0.25, 0.3) is 11.2 Å². The molecule has 5 rings (SSSR count). The van der Waals surface area contributed by atoms with E-state index in [0.29, 0.717) is 36.4 Å². The summed E-state index contributed by atoms with van der Waals surface area (Å²) in [5, 5.41) is 7.07. The zero-order valence-corrected chi connectivity index (χ0v) is 22.5. The Morgan fingerprint density at radius 2 is 1.64 bits per heavy atom. The van der Waals surface area contributed by atoms with Gasteiger partial charge in [-0.25, -0.2) is 4.98 Å². The number of anilines is 2. The number of rotatable bonds is 8. The van der Waals surface area contributed by atoms with Crippen LogP contribution in [0, 0.1) is 0 Å². The second kappa shape index (κ2) is 12.7. The molecule has 0 atom stereocenters. The van der Waals surface area contributed by atoms with Gasteiger partial charge >= 0.3 is 0 Å². The Bertz CT molecular complexity index is 1110. The van der Waals surface area contributed by atoms with Gasteiger partial charge < -0.3 is 30.4 Å². The highest BCUT2D eigenvalue weighted by Gasteiger charge is 2.24. The van der Waals surface area contributed by atoms with E-state index >= 15 is 0 Å². The predicted molar refractivity (Wildman–Crippen MR) is 148 cm³/mol. The number of nitrogens with zero attached hydrogens (tertiary/aromatic N) is 4. The molecule has 2 aromatic heterocycles. The van der Waals surface area contributed by atoms with E-state index in [9.17, 15) is 0 Å². The number of aromatic nitrogens is 4. The Morgan fingerprint density at radius 3 is 2.28 bits per heavy atom. The lowest BCUT2D eigenvalue weighted by atomic mass is 9.92. The molecule has 2 aliphatic carbocycles. The second-order valence-electron chi connectivity index (χ2n) is 9.41. The Morgan fingerprint density at radius 1 is 0.972 bits per heavy atom. The lowest BCUT2D eigenvalue weighted by Gasteiger charge is -2.27. The SMILES string of the molecule is COc1cccc(OC)c1CNc1nc(NC2CCC(N)CC2)nc2c1ncn2C1CCCC1.Cl.Cl. The van der Waals surface area contributed by atoms with Gasteiger partial charge in [-0.15, -0.1) is 24.8 Å². The number of halogens is 2. The minimum Gasteiger partial charge on any atom is -0.496 e. The van der Waals surface area contributed by atoms with Crippen molar-refractivity contribution in [2.75, 3.05) is 24.9 Å². The zero-order valence-electron chi connectivity index (χ0n) is 20.9. The zero-order chi connectivity index (χ0) is 23.5. The Labute approximate surface area is 224 Å². The third-order valence-corrected chi connectivity index (χ3v) is 7.21. The molecule has 1 aromatic carbocycles. The van der Waals surface area contributed by atoms with Gasteiger partial charge in [-0.3, -0.25) is 0 Å². The normalized spacial score (nSPS) is 19.9. The molecule has 2 fully saturated rings. The summed E-state index contributed by atoms with van der Waals surface area (Å²) in [5.41, 5.74) is 8.71. The summed E-state index contributed by atoms with van der Waals surface area (Å²) in [6, 6.07) is 6.88. The largest absolute Gasteiger partial charge is 0.496 e. The fourth-order valence-corrected chi connectivity index (χ4v) is 5.27. The van der Waals surface area contributed by atoms with Crippen molar-refractivity contribution in [2.24, 2.45) is 5.73 Å². The quantitative estimate of drug-likeness (QED) is 0.364. The number of hydrogen-bond acceptors (Lipinski definition) is 8. The average Bonchev–Trinajstić information content (AvgIpc) is 3.53. The summed E-state index contributed by atoms with van der Waals surface area (Å²) in [4.78, 5) is 14.5. The van der Waals surface area contributed by atoms with E-state index in [1.54, 1.807) is 14.2 Å². The lowest BCUT2D eigenvalue weighted by molar-refractivity contribution is 0.386. The van der Waals surface area contributed by atoms with Crippen molar-refractivity contribution < 1.29 is 9.47 Å². The van der Waals surface area contributed by atoms with Gasteiger partial charge in [-0.05, 0) is 50.7 Å². The number of nitrogens with one attached hydrogen (secondary N) is 2. The molecule has 36 heavy (non-hydrogen) atoms. The highest BCUT2D eigenvalue weighted by Crippen LogP contribution is 2.34. The van der Waals surface area contributed by atoms with Gasteiger partial charge in [-0.1, -0.05) is 18.9 Å². The Balaban J connectivity index is 0.00000180. The van der Waals surface area contributed by atoms with E-state index in [1.165, 1.54) is 25.7 Å². The maximum absolute atomic E-state index is 6.11. The van der Waals surface area contributed by atoms with Crippen LogP contribution in [0.5, 0.6) is 11.5 Å². The highest BCUT2D eigenvalue weighted by atomic mass is 35.5. The fourth-order valence-electron chi connectivity index (χ4n) is 5.27. The minimum atomic E-state index is 0. The molecule has 2 saturated carbocycles. The first kappa shape index (κ1) is 28.1. The maximum atomic E-state index is 6.11. The van der Waals surface area contributed by atoms with Crippen LogP contribution in [-0.4, -0.2) is 45.8 Å². The first-order valence-corrected chi connectivity index (χ1v) is 12.4. The summed E-state index contributed by atoms with van der Waals surface area (Å²) in [7, 11) is 3.34. The molecule has 2 heterocycles. The standard InChI is InChI=1S/C25H35N7O2.2ClH/c1-33-20-8-5-9-21(34-2)19(20)14-27-23-22-24(32(15-28-22)18-6-3-4-7-18)31-25(30-23)29-17-12-10-16(26)11-13-17;;/h5,8-9,15-18H,3-4,6-7,10-14,26H2,1-2H3,(H2,27,29,30,31);2*1H. The highest BCUT2D eigenvalue weighted by molar-refractivity contribution is 5.86. The van der Waals surface area contributed by atoms with Crippen LogP contribution >= 0.6 is 24.8 Å². The Hall–Kier alpha value is -2.49. The summed E-state index contributed by atoms with van der Waals surface area (Å²) in [5.74, 6) is 2.89. The number of hydrogen-bond donors (Lipinski definition) is 3. The number of ether oxygens (including phenoxy) is 2. The molecule has 3 aromatic rings. The molecule has 0 amide bonds. The van der Waals surface area contributed by atoms with E-state index in [2.05, 4.69) is 15.2 Å². The first-order valence-electron chi connectivity index (χ1n) is 12.4. The molecule has 0 bridgehead atoms. The summed E-state index contributed by atoms with van der Waals surface area (Å²) >= 11 is 0. The molecule has 4 N–H and O–H groups in total. The van der Waals surface area contributed by atoms with Crippen molar-refractivity contribution >= 4 is 47.7 Å². The summed E-state index contributed by atoms with van der Waals surface area (Å²) < 4.78 is 13.4. The van der Waals surface area contributed by atoms with Crippen LogP contribution in [-0.2, 0) is 6.54 Å². The molecule has 0 saturated heterocycles. The molecular weight excluding hydrogens is 501 g/mol. The van der Waals surface area contributed by atoms with Gasteiger partial charge in [0.1, 0.15) is 11.5 Å². The number of benzene rings is 1. The van der Waals surface area contributed by atoms with Gasteiger partial charge in [0, 0.05) is 24.7 Å². The molecule has 9 nitrogen and oxygen atoms in total. The van der Waals surface area contributed by atoms with Crippen LogP contribution in [0.4, 0.5) is 11.8 Å². The maximum Gasteiger partial charge on any atom is 0.227 e. The van der Waals surface area contributed by atoms with E-state index < -0.39 is 0 Å². The van der Waals surface area contributed by atoms with Gasteiger partial charge in [0.05, 0.1) is 26.1 Å². The van der Waals surface area contributed by atoms with E-state index in [0.717, 1.165) is 53.9 Å². The third-order valence-electron chi connectivity index (χ3n) is 7.21. The van der Waals surface area contributed by atoms with Crippen LogP contribution in [0.3, 0.4) is 0 Å². The van der Waals surface area contributed by atoms with E-state index in [-0.39, 0.29) is 24.8 Å². The van der Waals surface area contributed by atoms with Crippen molar-refractivity contribution in [1.82, 2.24) is 19.5 Å². The topological polar surface area (TPSA) is 112 Å². The molecule has 11 heteroatoms. The van der Waals surface area contributed by atoms with Crippen LogP contribution in [0.15, 0.2) is 24.5 Å². The smallest absolute Gasteiger partial charge is 0.227 e. The number of imidazole rings is 1. The van der Waals surface area contributed by atoms with Gasteiger partial charge in [-0.2, -0.15) is 9.97 Å². The monoisotopic (exact) mass is 537 g/mol. The van der Waals surface area contributed by atoms with Crippen LogP contribution in [0.1, 0.15) is 63.0 Å². The van der Waals surface area contributed by atoms with Crippen LogP contribution in [0.2, 0.25) is 0 Å². The molecule has 198 valence electrons. The van der Waals surface area contributed by atoms with Gasteiger partial charge in [0.15, 0.2) is 17.0 Å². The van der Waals surface area contributed by atoms with E-state index in [1.807, 2.05) is 24.5 Å². The number of methoxy groups -OCH3 is 2. The van der Waals surface area contributed by atoms with Crippen molar-refractivity contribution in [3.05, 3.63) is 30.1 Å². The lowest BCUT2D eigenvalue weighted by Crippen LogP contribution is -2.33. The van der Waals surface area contributed by atoms with Crippen molar-refractivity contribution in [1.29, 1.82) is 0 Å². The van der Waals surface area contributed by atoms with Gasteiger partial charge in [0.2, 0.25) is 5.95 Å². The second-order valence-corrected chi connectivity index (χ2v) is 9.41. The first-order chi connectivity index (χ1) is 16.7. The number of fused-ring (bicyclic) bond motifs is 1. The summed E-state index contributed by atoms with van der Waals surface area (Å²) in [6.45, 7) is 0.493.